The fourth-order valence-electron chi connectivity index (χ4n) is 6.35. The Morgan fingerprint density at radius 3 is 1.91 bits per heavy atom. The van der Waals surface area contributed by atoms with Crippen molar-refractivity contribution in [3.63, 3.8) is 0 Å². The highest BCUT2D eigenvalue weighted by Gasteiger charge is 2.27. The summed E-state index contributed by atoms with van der Waals surface area (Å²) in [4.78, 5) is 33.8. The fourth-order valence-corrected chi connectivity index (χ4v) is 6.35. The fraction of sp³-hybridized carbons (Fsp3) is 0.189. The van der Waals surface area contributed by atoms with Gasteiger partial charge in [-0.2, -0.15) is 0 Å². The minimum absolute atomic E-state index is 0.351. The van der Waals surface area contributed by atoms with Crippen molar-refractivity contribution in [2.24, 2.45) is 0 Å². The van der Waals surface area contributed by atoms with Crippen LogP contribution in [-0.4, -0.2) is 39.3 Å². The van der Waals surface area contributed by atoms with Crippen LogP contribution in [0.15, 0.2) is 119 Å². The molecule has 0 bridgehead atoms. The largest absolute Gasteiger partial charge is 0.333 e. The first kappa shape index (κ1) is 29.8. The molecule has 0 aliphatic rings. The van der Waals surface area contributed by atoms with Crippen molar-refractivity contribution < 1.29 is 0 Å². The molecule has 4 aromatic carbocycles. The molecule has 234 valence electrons. The molecular weight excluding hydrogens is 588 g/mol. The van der Waals surface area contributed by atoms with E-state index >= 15 is 0 Å². The summed E-state index contributed by atoms with van der Waals surface area (Å²) in [5.74, 6) is 1.34. The summed E-state index contributed by atoms with van der Waals surface area (Å²) in [6, 6.07) is 34.9. The number of nitrogens with zero attached hydrogens (tertiary/aromatic N) is 7. The third-order valence-corrected chi connectivity index (χ3v) is 8.88. The van der Waals surface area contributed by atoms with Gasteiger partial charge in [-0.15, -0.1) is 5.10 Å². The van der Waals surface area contributed by atoms with Gasteiger partial charge in [-0.05, 0) is 52.1 Å². The maximum absolute atomic E-state index is 14.5. The Kier molecular flexibility index (Phi) is 7.91. The van der Waals surface area contributed by atoms with Crippen molar-refractivity contribution in [1.29, 1.82) is 0 Å². The molecule has 47 heavy (non-hydrogen) atoms. The van der Waals surface area contributed by atoms with E-state index in [0.29, 0.717) is 30.0 Å². The summed E-state index contributed by atoms with van der Waals surface area (Å²) >= 11 is 0. The zero-order valence-corrected chi connectivity index (χ0v) is 26.4. The second kappa shape index (κ2) is 12.5. The van der Waals surface area contributed by atoms with Gasteiger partial charge >= 0.3 is 5.69 Å². The van der Waals surface area contributed by atoms with E-state index in [1.807, 2.05) is 110 Å². The van der Waals surface area contributed by atoms with E-state index in [9.17, 15) is 9.59 Å². The normalized spacial score (nSPS) is 12.7. The number of hydrogen-bond donors (Lipinski definition) is 1. The first-order valence-electron chi connectivity index (χ1n) is 15.7. The van der Waals surface area contributed by atoms with Gasteiger partial charge in [-0.3, -0.25) is 13.9 Å². The van der Waals surface area contributed by atoms with Gasteiger partial charge in [0.25, 0.3) is 5.56 Å². The number of tetrazole rings is 1. The van der Waals surface area contributed by atoms with Gasteiger partial charge in [0.15, 0.2) is 17.0 Å². The monoisotopic (exact) mass is 622 g/mol. The number of H-pyrrole nitrogens is 1. The quantitative estimate of drug-likeness (QED) is 0.210. The molecule has 3 aromatic heterocycles. The highest BCUT2D eigenvalue weighted by Crippen LogP contribution is 2.30. The number of rotatable bonds is 9. The molecule has 0 spiro atoms. The van der Waals surface area contributed by atoms with Gasteiger partial charge < -0.3 is 4.57 Å². The number of aromatic nitrogens is 8. The number of imidazole rings is 1. The molecule has 0 fully saturated rings. The molecule has 2 atom stereocenters. The Morgan fingerprint density at radius 1 is 0.723 bits per heavy atom. The molecule has 0 saturated carbocycles. The number of aryl methyl sites for hydroxylation is 1. The lowest BCUT2D eigenvalue weighted by molar-refractivity contribution is 0.515. The summed E-state index contributed by atoms with van der Waals surface area (Å²) in [7, 11) is 0. The molecule has 1 N–H and O–H groups in total. The van der Waals surface area contributed by atoms with Crippen LogP contribution in [0.1, 0.15) is 55.4 Å². The predicted octanol–water partition coefficient (Wildman–Crippen LogP) is 6.04. The summed E-state index contributed by atoms with van der Waals surface area (Å²) < 4.78 is 5.04. The summed E-state index contributed by atoms with van der Waals surface area (Å²) in [5, 5.41) is 14.4. The Hall–Kier alpha value is -5.90. The minimum atomic E-state index is -0.484. The predicted molar refractivity (Wildman–Crippen MR) is 182 cm³/mol. The van der Waals surface area contributed by atoms with Crippen molar-refractivity contribution in [1.82, 2.24) is 39.3 Å². The van der Waals surface area contributed by atoms with E-state index in [4.69, 9.17) is 4.98 Å². The van der Waals surface area contributed by atoms with E-state index in [0.717, 1.165) is 39.2 Å². The lowest BCUT2D eigenvalue weighted by atomic mass is 9.98. The molecule has 0 aliphatic heterocycles. The Morgan fingerprint density at radius 2 is 1.32 bits per heavy atom. The molecule has 0 aliphatic carbocycles. The third kappa shape index (κ3) is 5.37. The second-order valence-electron chi connectivity index (χ2n) is 11.6. The number of aromatic amines is 1. The topological polar surface area (TPSA) is 116 Å². The summed E-state index contributed by atoms with van der Waals surface area (Å²) in [6.07, 6.45) is 0.590. The second-order valence-corrected chi connectivity index (χ2v) is 11.6. The standard InChI is InChI=1S/C37H34N8O2/c1-4-32-38-35-33(43(32)23-26-19-21-29(22-20-26)30-17-11-12-18-31(30)34-39-41-42-40-34)36(46)45(25(3)28-15-9-6-10-16-28)37(47)44(35)24(2)27-13-7-5-8-14-27/h5-22,24-25H,4,23H2,1-3H3,(H,39,40,41,42). The van der Waals surface area contributed by atoms with Gasteiger partial charge in [-0.25, -0.2) is 14.9 Å². The zero-order chi connectivity index (χ0) is 32.5. The van der Waals surface area contributed by atoms with Crippen molar-refractivity contribution in [3.05, 3.63) is 153 Å². The van der Waals surface area contributed by atoms with E-state index in [-0.39, 0.29) is 17.3 Å². The summed E-state index contributed by atoms with van der Waals surface area (Å²) in [5.41, 5.74) is 5.82. The van der Waals surface area contributed by atoms with Crippen LogP contribution >= 0.6 is 0 Å². The average molecular weight is 623 g/mol. The average Bonchev–Trinajstić information content (AvgIpc) is 3.78. The smallest absolute Gasteiger partial charge is 0.318 e. The lowest BCUT2D eigenvalue weighted by Crippen LogP contribution is -2.43. The van der Waals surface area contributed by atoms with Gasteiger partial charge in [0.1, 0.15) is 5.82 Å². The highest BCUT2D eigenvalue weighted by molar-refractivity contribution is 5.80. The molecule has 7 rings (SSSR count). The van der Waals surface area contributed by atoms with Crippen molar-refractivity contribution >= 4 is 11.2 Å². The number of fused-ring (bicyclic) bond motifs is 1. The SMILES string of the molecule is CCc1nc2c(c(=O)n(C(C)c3ccccc3)c(=O)n2C(C)c2ccccc2)n1Cc1ccc(-c2ccccc2-c2nnn[nH]2)cc1. The molecule has 10 heteroatoms. The van der Waals surface area contributed by atoms with Crippen LogP contribution in [0.5, 0.6) is 0 Å². The maximum atomic E-state index is 14.5. The van der Waals surface area contributed by atoms with Crippen LogP contribution in [0.3, 0.4) is 0 Å². The molecular formula is C37H34N8O2. The van der Waals surface area contributed by atoms with Crippen LogP contribution in [0, 0.1) is 0 Å². The van der Waals surface area contributed by atoms with E-state index in [1.165, 1.54) is 4.57 Å². The molecule has 3 heterocycles. The van der Waals surface area contributed by atoms with Crippen LogP contribution in [0.2, 0.25) is 0 Å². The number of benzene rings is 4. The molecule has 0 radical (unpaired) electrons. The maximum Gasteiger partial charge on any atom is 0.333 e. The third-order valence-electron chi connectivity index (χ3n) is 8.88. The van der Waals surface area contributed by atoms with E-state index in [2.05, 4.69) is 44.9 Å². The first-order valence-corrected chi connectivity index (χ1v) is 15.7. The molecule has 10 nitrogen and oxygen atoms in total. The van der Waals surface area contributed by atoms with Crippen LogP contribution in [0.4, 0.5) is 0 Å². The van der Waals surface area contributed by atoms with Crippen LogP contribution in [-0.2, 0) is 13.0 Å². The Labute approximate surface area is 271 Å². The molecule has 0 saturated heterocycles. The minimum Gasteiger partial charge on any atom is -0.318 e. The van der Waals surface area contributed by atoms with Crippen molar-refractivity contribution in [2.75, 3.05) is 0 Å². The van der Waals surface area contributed by atoms with Crippen LogP contribution in [0.25, 0.3) is 33.7 Å². The lowest BCUT2D eigenvalue weighted by Gasteiger charge is -2.21. The van der Waals surface area contributed by atoms with Gasteiger partial charge in [0.2, 0.25) is 0 Å². The number of nitrogens with one attached hydrogen (secondary N) is 1. The van der Waals surface area contributed by atoms with Gasteiger partial charge in [-0.1, -0.05) is 116 Å². The highest BCUT2D eigenvalue weighted by atomic mass is 16.2. The number of hydrogen-bond acceptors (Lipinski definition) is 6. The van der Waals surface area contributed by atoms with Gasteiger partial charge in [0.05, 0.1) is 12.1 Å². The van der Waals surface area contributed by atoms with Crippen molar-refractivity contribution in [2.45, 2.75) is 45.8 Å². The van der Waals surface area contributed by atoms with Crippen LogP contribution < -0.4 is 11.2 Å². The molecule has 7 aromatic rings. The van der Waals surface area contributed by atoms with Crippen molar-refractivity contribution in [3.8, 4) is 22.5 Å². The Balaban J connectivity index is 1.37. The molecule has 2 unspecified atom stereocenters. The van der Waals surface area contributed by atoms with E-state index < -0.39 is 6.04 Å². The Bertz CT molecular complexity index is 2270. The zero-order valence-electron chi connectivity index (χ0n) is 26.4. The first-order chi connectivity index (χ1) is 23.0. The van der Waals surface area contributed by atoms with E-state index in [1.54, 1.807) is 4.57 Å². The van der Waals surface area contributed by atoms with Gasteiger partial charge in [0, 0.05) is 18.5 Å². The molecule has 0 amide bonds. The summed E-state index contributed by atoms with van der Waals surface area (Å²) in [6.45, 7) is 6.31.